The average Bonchev–Trinajstić information content (AvgIpc) is 2.91. The Labute approximate surface area is 154 Å². The standard InChI is InChI=1S/C15H15N3O4.2C2H6/c1-2-16-9-5-3-4-8-12(9)15(22)18(14(8)21)10-6-7-11(19)17-13(10)20;2*1-2/h3-5,10,16H,2,6-7H2,1H3,(H,17,19,20);2*1-2H3. The number of hydrogen-bond donors (Lipinski definition) is 2. The highest BCUT2D eigenvalue weighted by Gasteiger charge is 2.45. The lowest BCUT2D eigenvalue weighted by atomic mass is 10.0. The van der Waals surface area contributed by atoms with E-state index in [0.717, 1.165) is 4.90 Å². The first-order valence-electron chi connectivity index (χ1n) is 9.13. The zero-order chi connectivity index (χ0) is 19.9. The molecular formula is C19H27N3O4. The van der Waals surface area contributed by atoms with Crippen LogP contribution in [0.25, 0.3) is 0 Å². The van der Waals surface area contributed by atoms with Crippen molar-refractivity contribution in [3.63, 3.8) is 0 Å². The van der Waals surface area contributed by atoms with Crippen LogP contribution in [0.2, 0.25) is 0 Å². The van der Waals surface area contributed by atoms with Crippen LogP contribution in [0.4, 0.5) is 5.69 Å². The number of carbonyl (C=O) groups is 4. The Balaban J connectivity index is 0.000000791. The molecule has 2 aliphatic heterocycles. The number of amides is 4. The van der Waals surface area contributed by atoms with Gasteiger partial charge in [-0.3, -0.25) is 29.4 Å². The SMILES string of the molecule is CC.CC.CCNc1cccc2c1C(=O)N(C1CCC(=O)NC1=O)C2=O. The Morgan fingerprint density at radius 2 is 1.73 bits per heavy atom. The Bertz CT molecular complexity index is 700. The number of rotatable bonds is 3. The van der Waals surface area contributed by atoms with Gasteiger partial charge in [-0.2, -0.15) is 0 Å². The lowest BCUT2D eigenvalue weighted by Crippen LogP contribution is -2.54. The van der Waals surface area contributed by atoms with Gasteiger partial charge in [0.15, 0.2) is 0 Å². The van der Waals surface area contributed by atoms with Crippen molar-refractivity contribution in [1.29, 1.82) is 0 Å². The molecule has 0 aliphatic carbocycles. The Hall–Kier alpha value is -2.70. The van der Waals surface area contributed by atoms with Crippen LogP contribution in [-0.4, -0.2) is 41.1 Å². The normalized spacial score (nSPS) is 18.2. The molecule has 3 rings (SSSR count). The molecule has 2 N–H and O–H groups in total. The topological polar surface area (TPSA) is 95.6 Å². The molecule has 0 spiro atoms. The van der Waals surface area contributed by atoms with Crippen LogP contribution in [0, 0.1) is 0 Å². The van der Waals surface area contributed by atoms with E-state index in [1.807, 2.05) is 34.6 Å². The second-order valence-electron chi connectivity index (χ2n) is 5.21. The first kappa shape index (κ1) is 21.3. The Morgan fingerprint density at radius 1 is 1.08 bits per heavy atom. The predicted octanol–water partition coefficient (Wildman–Crippen LogP) is 2.57. The second-order valence-corrected chi connectivity index (χ2v) is 5.21. The number of benzene rings is 1. The van der Waals surface area contributed by atoms with Gasteiger partial charge in [-0.25, -0.2) is 0 Å². The van der Waals surface area contributed by atoms with Crippen molar-refractivity contribution < 1.29 is 19.2 Å². The van der Waals surface area contributed by atoms with Gasteiger partial charge in [-0.15, -0.1) is 0 Å². The summed E-state index contributed by atoms with van der Waals surface area (Å²) in [4.78, 5) is 49.3. The number of piperidine rings is 1. The molecule has 2 heterocycles. The molecule has 7 nitrogen and oxygen atoms in total. The number of anilines is 1. The van der Waals surface area contributed by atoms with E-state index < -0.39 is 23.8 Å². The number of nitrogens with zero attached hydrogens (tertiary/aromatic N) is 1. The minimum atomic E-state index is -0.931. The van der Waals surface area contributed by atoms with Crippen molar-refractivity contribution in [3.05, 3.63) is 29.3 Å². The fraction of sp³-hybridized carbons (Fsp3) is 0.474. The van der Waals surface area contributed by atoms with Crippen LogP contribution in [0.3, 0.4) is 0 Å². The van der Waals surface area contributed by atoms with Gasteiger partial charge in [0.1, 0.15) is 6.04 Å². The molecule has 1 aromatic carbocycles. The summed E-state index contributed by atoms with van der Waals surface area (Å²) in [7, 11) is 0. The van der Waals surface area contributed by atoms with E-state index in [0.29, 0.717) is 17.8 Å². The molecule has 142 valence electrons. The second kappa shape index (κ2) is 9.70. The Morgan fingerprint density at radius 3 is 2.31 bits per heavy atom. The van der Waals surface area contributed by atoms with Crippen LogP contribution in [0.5, 0.6) is 0 Å². The summed E-state index contributed by atoms with van der Waals surface area (Å²) < 4.78 is 0. The van der Waals surface area contributed by atoms with Crippen LogP contribution < -0.4 is 10.6 Å². The minimum absolute atomic E-state index is 0.115. The van der Waals surface area contributed by atoms with Crippen molar-refractivity contribution in [2.45, 2.75) is 53.5 Å². The molecule has 0 aromatic heterocycles. The first-order valence-corrected chi connectivity index (χ1v) is 9.13. The fourth-order valence-electron chi connectivity index (χ4n) is 2.85. The fourth-order valence-corrected chi connectivity index (χ4v) is 2.85. The number of nitrogens with one attached hydrogen (secondary N) is 2. The molecule has 0 radical (unpaired) electrons. The Kier molecular flexibility index (Phi) is 7.96. The molecule has 1 atom stereocenters. The van der Waals surface area contributed by atoms with E-state index in [1.165, 1.54) is 0 Å². The lowest BCUT2D eigenvalue weighted by molar-refractivity contribution is -0.136. The monoisotopic (exact) mass is 361 g/mol. The molecule has 2 aliphatic rings. The number of carbonyl (C=O) groups excluding carboxylic acids is 4. The third kappa shape index (κ3) is 3.92. The van der Waals surface area contributed by atoms with Gasteiger partial charge in [-0.05, 0) is 25.5 Å². The maximum atomic E-state index is 12.6. The van der Waals surface area contributed by atoms with Crippen LogP contribution in [-0.2, 0) is 9.59 Å². The molecule has 1 unspecified atom stereocenters. The average molecular weight is 361 g/mol. The predicted molar refractivity (Wildman–Crippen MR) is 100.0 cm³/mol. The first-order chi connectivity index (χ1) is 12.5. The van der Waals surface area contributed by atoms with E-state index in [2.05, 4.69) is 10.6 Å². The largest absolute Gasteiger partial charge is 0.385 e. The highest BCUT2D eigenvalue weighted by Crippen LogP contribution is 2.32. The number of fused-ring (bicyclic) bond motifs is 1. The lowest BCUT2D eigenvalue weighted by Gasteiger charge is -2.27. The third-order valence-electron chi connectivity index (χ3n) is 3.84. The highest BCUT2D eigenvalue weighted by atomic mass is 16.2. The summed E-state index contributed by atoms with van der Waals surface area (Å²) in [5.74, 6) is -1.97. The van der Waals surface area contributed by atoms with Crippen molar-refractivity contribution in [3.8, 4) is 0 Å². The summed E-state index contributed by atoms with van der Waals surface area (Å²) >= 11 is 0. The molecular weight excluding hydrogens is 334 g/mol. The number of hydrogen-bond acceptors (Lipinski definition) is 5. The summed E-state index contributed by atoms with van der Waals surface area (Å²) in [5, 5.41) is 5.22. The van der Waals surface area contributed by atoms with Gasteiger partial charge in [0.05, 0.1) is 11.1 Å². The van der Waals surface area contributed by atoms with E-state index in [-0.39, 0.29) is 24.3 Å². The number of imide groups is 2. The van der Waals surface area contributed by atoms with Gasteiger partial charge in [0, 0.05) is 18.7 Å². The van der Waals surface area contributed by atoms with Crippen molar-refractivity contribution in [2.75, 3.05) is 11.9 Å². The van der Waals surface area contributed by atoms with Gasteiger partial charge >= 0.3 is 0 Å². The van der Waals surface area contributed by atoms with E-state index in [1.54, 1.807) is 18.2 Å². The molecule has 0 saturated carbocycles. The minimum Gasteiger partial charge on any atom is -0.385 e. The maximum Gasteiger partial charge on any atom is 0.264 e. The van der Waals surface area contributed by atoms with Gasteiger partial charge in [0.2, 0.25) is 11.8 Å². The van der Waals surface area contributed by atoms with Crippen LogP contribution in [0.1, 0.15) is 68.2 Å². The smallest absolute Gasteiger partial charge is 0.264 e. The van der Waals surface area contributed by atoms with Crippen molar-refractivity contribution in [1.82, 2.24) is 10.2 Å². The van der Waals surface area contributed by atoms with Gasteiger partial charge in [0.25, 0.3) is 11.8 Å². The molecule has 1 saturated heterocycles. The third-order valence-corrected chi connectivity index (χ3v) is 3.84. The quantitative estimate of drug-likeness (QED) is 0.807. The molecule has 0 bridgehead atoms. The van der Waals surface area contributed by atoms with E-state index in [4.69, 9.17) is 0 Å². The molecule has 26 heavy (non-hydrogen) atoms. The summed E-state index contributed by atoms with van der Waals surface area (Å²) in [6.45, 7) is 10.5. The molecule has 1 aromatic rings. The summed E-state index contributed by atoms with van der Waals surface area (Å²) in [5.41, 5.74) is 1.15. The van der Waals surface area contributed by atoms with Crippen molar-refractivity contribution in [2.24, 2.45) is 0 Å². The molecule has 7 heteroatoms. The van der Waals surface area contributed by atoms with Crippen LogP contribution in [0.15, 0.2) is 18.2 Å². The highest BCUT2D eigenvalue weighted by molar-refractivity contribution is 6.25. The maximum absolute atomic E-state index is 12.6. The molecule has 4 amide bonds. The zero-order valence-corrected chi connectivity index (χ0v) is 16.0. The zero-order valence-electron chi connectivity index (χ0n) is 16.0. The van der Waals surface area contributed by atoms with E-state index >= 15 is 0 Å². The van der Waals surface area contributed by atoms with Crippen LogP contribution >= 0.6 is 0 Å². The van der Waals surface area contributed by atoms with E-state index in [9.17, 15) is 19.2 Å². The summed E-state index contributed by atoms with van der Waals surface area (Å²) in [6, 6.07) is 4.05. The van der Waals surface area contributed by atoms with Crippen molar-refractivity contribution >= 4 is 29.3 Å². The molecule has 1 fully saturated rings. The van der Waals surface area contributed by atoms with Gasteiger partial charge < -0.3 is 5.32 Å². The van der Waals surface area contributed by atoms with Gasteiger partial charge in [-0.1, -0.05) is 33.8 Å². The summed E-state index contributed by atoms with van der Waals surface area (Å²) in [6.07, 6.45) is 0.274.